The van der Waals surface area contributed by atoms with E-state index >= 15 is 0 Å². The Balaban J connectivity index is 2.01. The van der Waals surface area contributed by atoms with Gasteiger partial charge in [0.1, 0.15) is 0 Å². The van der Waals surface area contributed by atoms with Gasteiger partial charge in [0.15, 0.2) is 0 Å². The highest BCUT2D eigenvalue weighted by Crippen LogP contribution is 2.33. The molecule has 32 heavy (non-hydrogen) atoms. The summed E-state index contributed by atoms with van der Waals surface area (Å²) in [4.78, 5) is 12.3. The van der Waals surface area contributed by atoms with Gasteiger partial charge in [-0.2, -0.15) is 8.42 Å². The van der Waals surface area contributed by atoms with Gasteiger partial charge in [0.2, 0.25) is 0 Å². The molecule has 8 heteroatoms. The lowest BCUT2D eigenvalue weighted by molar-refractivity contribution is -0.129. The minimum atomic E-state index is -4.61. The molecule has 3 aromatic carbocycles. The van der Waals surface area contributed by atoms with Crippen LogP contribution in [0.15, 0.2) is 78.9 Å². The van der Waals surface area contributed by atoms with E-state index in [1.165, 1.54) is 12.1 Å². The smallest absolute Gasteiger partial charge is 0.289 e. The summed E-state index contributed by atoms with van der Waals surface area (Å²) in [5, 5.41) is 9.19. The summed E-state index contributed by atoms with van der Waals surface area (Å²) in [6.07, 6.45) is 0. The minimum absolute atomic E-state index is 0.108. The van der Waals surface area contributed by atoms with Crippen LogP contribution in [0.1, 0.15) is 43.4 Å². The second kappa shape index (κ2) is 9.12. The zero-order chi connectivity index (χ0) is 23.5. The normalized spacial score (nSPS) is 12.8. The van der Waals surface area contributed by atoms with Gasteiger partial charge in [0.25, 0.3) is 5.91 Å². The van der Waals surface area contributed by atoms with Gasteiger partial charge >= 0.3 is 10.3 Å². The Morgan fingerprint density at radius 3 is 1.75 bits per heavy atom. The number of nitrogens with one attached hydrogen (secondary N) is 1. The highest BCUT2D eigenvalue weighted by atomic mass is 32.2. The first-order chi connectivity index (χ1) is 15.0. The van der Waals surface area contributed by atoms with Crippen molar-refractivity contribution >= 4 is 27.6 Å². The quantitative estimate of drug-likeness (QED) is 0.287. The molecule has 0 saturated heterocycles. The van der Waals surface area contributed by atoms with Gasteiger partial charge in [-0.3, -0.25) is 14.6 Å². The van der Waals surface area contributed by atoms with Gasteiger partial charge < -0.3 is 0 Å². The first kappa shape index (κ1) is 23.5. The second-order valence-corrected chi connectivity index (χ2v) is 9.71. The van der Waals surface area contributed by atoms with Crippen LogP contribution in [-0.4, -0.2) is 24.1 Å². The Morgan fingerprint density at radius 1 is 0.844 bits per heavy atom. The summed E-state index contributed by atoms with van der Waals surface area (Å²) in [5.74, 6) is -1.41. The van der Waals surface area contributed by atoms with Crippen molar-refractivity contribution in [3.63, 3.8) is 0 Å². The van der Waals surface area contributed by atoms with E-state index in [4.69, 9.17) is 0 Å². The minimum Gasteiger partial charge on any atom is -0.289 e. The predicted octanol–water partition coefficient (Wildman–Crippen LogP) is 4.56. The average Bonchev–Trinajstić information content (AvgIpc) is 2.74. The largest absolute Gasteiger partial charge is 0.364 e. The molecule has 0 aliphatic rings. The highest BCUT2D eigenvalue weighted by Gasteiger charge is 2.25. The van der Waals surface area contributed by atoms with Crippen molar-refractivity contribution in [1.82, 2.24) is 5.48 Å². The van der Waals surface area contributed by atoms with Gasteiger partial charge in [-0.15, -0.1) is 0 Å². The molecule has 0 heterocycles. The van der Waals surface area contributed by atoms with E-state index in [-0.39, 0.29) is 16.8 Å². The second-order valence-electron chi connectivity index (χ2n) is 8.45. The molecule has 7 nitrogen and oxygen atoms in total. The fourth-order valence-corrected chi connectivity index (χ4v) is 4.30. The maximum Gasteiger partial charge on any atom is 0.364 e. The molecule has 0 aromatic heterocycles. The molecule has 0 saturated carbocycles. The number of benzene rings is 3. The summed E-state index contributed by atoms with van der Waals surface area (Å²) >= 11 is 0. The van der Waals surface area contributed by atoms with E-state index in [0.717, 1.165) is 9.87 Å². The molecule has 0 radical (unpaired) electrons. The van der Waals surface area contributed by atoms with Crippen molar-refractivity contribution in [3.8, 4) is 0 Å². The van der Waals surface area contributed by atoms with Crippen LogP contribution in [-0.2, 0) is 20.5 Å². The van der Waals surface area contributed by atoms with Gasteiger partial charge in [-0.1, -0.05) is 75.4 Å². The SMILES string of the molecule is CC(C)(C)c1ccc(N(c2ccc(C(C(=O)NO)c3ccccc3)cc2)S(=O)(=O)O)cc1. The van der Waals surface area contributed by atoms with Crippen LogP contribution in [0.3, 0.4) is 0 Å². The summed E-state index contributed by atoms with van der Waals surface area (Å²) in [7, 11) is -4.61. The molecule has 168 valence electrons. The summed E-state index contributed by atoms with van der Waals surface area (Å²) in [6.45, 7) is 6.15. The first-order valence-corrected chi connectivity index (χ1v) is 11.4. The Morgan fingerprint density at radius 2 is 1.31 bits per heavy atom. The number of hydroxylamine groups is 1. The van der Waals surface area contributed by atoms with E-state index in [0.29, 0.717) is 11.1 Å². The van der Waals surface area contributed by atoms with Crippen LogP contribution in [0, 0.1) is 0 Å². The summed E-state index contributed by atoms with van der Waals surface area (Å²) in [5.41, 5.74) is 4.29. The Kier molecular flexibility index (Phi) is 6.68. The zero-order valence-electron chi connectivity index (χ0n) is 18.1. The predicted molar refractivity (Wildman–Crippen MR) is 123 cm³/mol. The van der Waals surface area contributed by atoms with Crippen molar-refractivity contribution < 1.29 is 23.0 Å². The van der Waals surface area contributed by atoms with Crippen molar-refractivity contribution in [2.24, 2.45) is 0 Å². The molecule has 0 spiro atoms. The van der Waals surface area contributed by atoms with E-state index in [1.807, 2.05) is 39.0 Å². The number of hydrogen-bond donors (Lipinski definition) is 3. The van der Waals surface area contributed by atoms with Gasteiger partial charge in [0, 0.05) is 0 Å². The first-order valence-electron chi connectivity index (χ1n) is 9.99. The molecule has 1 unspecified atom stereocenters. The monoisotopic (exact) mass is 454 g/mol. The molecule has 3 rings (SSSR count). The molecule has 3 aromatic rings. The standard InChI is InChI=1S/C24H26N2O5S/c1-24(2,3)19-11-15-21(16-12-19)26(32(29,30)31)20-13-9-18(10-14-20)22(23(27)25-28)17-7-5-4-6-8-17/h4-16,22,28H,1-3H3,(H,25,27)(H,29,30,31). The molecular formula is C24H26N2O5S. The third kappa shape index (κ3) is 5.16. The van der Waals surface area contributed by atoms with Gasteiger partial charge in [0.05, 0.1) is 17.3 Å². The molecule has 0 fully saturated rings. The maximum atomic E-state index is 12.3. The van der Waals surface area contributed by atoms with Gasteiger partial charge in [-0.05, 0) is 46.4 Å². The number of amides is 1. The number of anilines is 2. The average molecular weight is 455 g/mol. The summed E-state index contributed by atoms with van der Waals surface area (Å²) in [6, 6.07) is 22.0. The van der Waals surface area contributed by atoms with Gasteiger partial charge in [-0.25, -0.2) is 9.79 Å². The number of hydrogen-bond acceptors (Lipinski definition) is 4. The lowest BCUT2D eigenvalue weighted by Gasteiger charge is -2.24. The van der Waals surface area contributed by atoms with Crippen LogP contribution in [0.4, 0.5) is 11.4 Å². The van der Waals surface area contributed by atoms with Crippen molar-refractivity contribution in [2.45, 2.75) is 32.1 Å². The molecule has 0 bridgehead atoms. The highest BCUT2D eigenvalue weighted by molar-refractivity contribution is 7.87. The molecule has 3 N–H and O–H groups in total. The zero-order valence-corrected chi connectivity index (χ0v) is 18.9. The van der Waals surface area contributed by atoms with E-state index in [9.17, 15) is 23.0 Å². The van der Waals surface area contributed by atoms with Crippen LogP contribution in [0.5, 0.6) is 0 Å². The molecule has 1 amide bonds. The third-order valence-electron chi connectivity index (χ3n) is 5.16. The topological polar surface area (TPSA) is 107 Å². The van der Waals surface area contributed by atoms with Crippen LogP contribution >= 0.6 is 0 Å². The maximum absolute atomic E-state index is 12.3. The lowest BCUT2D eigenvalue weighted by Crippen LogP contribution is -2.27. The van der Waals surface area contributed by atoms with E-state index in [1.54, 1.807) is 54.0 Å². The molecule has 0 aliphatic carbocycles. The Bertz CT molecular complexity index is 1170. The molecule has 1 atom stereocenters. The lowest BCUT2D eigenvalue weighted by atomic mass is 9.87. The van der Waals surface area contributed by atoms with Crippen molar-refractivity contribution in [2.75, 3.05) is 4.31 Å². The summed E-state index contributed by atoms with van der Waals surface area (Å²) < 4.78 is 35.1. The Hall–Kier alpha value is -3.20. The van der Waals surface area contributed by atoms with Crippen LogP contribution < -0.4 is 9.79 Å². The number of nitrogens with zero attached hydrogens (tertiary/aromatic N) is 1. The molecule has 0 aliphatic heterocycles. The number of rotatable bonds is 6. The van der Waals surface area contributed by atoms with E-state index < -0.39 is 22.1 Å². The number of carbonyl (C=O) groups is 1. The number of carbonyl (C=O) groups excluding carboxylic acids is 1. The van der Waals surface area contributed by atoms with Crippen LogP contribution in [0.25, 0.3) is 0 Å². The van der Waals surface area contributed by atoms with Crippen molar-refractivity contribution in [1.29, 1.82) is 0 Å². The van der Waals surface area contributed by atoms with Crippen LogP contribution in [0.2, 0.25) is 0 Å². The van der Waals surface area contributed by atoms with Crippen molar-refractivity contribution in [3.05, 3.63) is 95.6 Å². The fraction of sp³-hybridized carbons (Fsp3) is 0.208. The Labute approximate surface area is 188 Å². The molecular weight excluding hydrogens is 428 g/mol. The third-order valence-corrected chi connectivity index (χ3v) is 6.05. The van der Waals surface area contributed by atoms with E-state index in [2.05, 4.69) is 0 Å². The fourth-order valence-electron chi connectivity index (χ4n) is 3.52.